The van der Waals surface area contributed by atoms with Gasteiger partial charge >= 0.3 is 5.97 Å². The number of aliphatic carboxylic acids is 1. The summed E-state index contributed by atoms with van der Waals surface area (Å²) in [6.45, 7) is 5.96. The van der Waals surface area contributed by atoms with Gasteiger partial charge in [-0.15, -0.1) is 11.8 Å². The predicted molar refractivity (Wildman–Crippen MR) is 108 cm³/mol. The molecule has 4 aliphatic heterocycles. The minimum Gasteiger partial charge on any atom is -0.477 e. The van der Waals surface area contributed by atoms with Crippen molar-refractivity contribution >= 4 is 29.5 Å². The molecule has 6 atom stereocenters. The largest absolute Gasteiger partial charge is 0.477 e. The number of hydrogen-bond donors (Lipinski definition) is 2. The van der Waals surface area contributed by atoms with E-state index in [-0.39, 0.29) is 40.8 Å². The van der Waals surface area contributed by atoms with Gasteiger partial charge < -0.3 is 20.0 Å². The molecule has 4 rings (SSSR count). The standard InChI is InChI=1S/C20H27N3O5S/c1-10-16-15(11(2)24)19(26)23(16)17(20(27)28)18(10)29-13-8-12(21(3)9-13)4-5-14(25)22-6-7-22/h4-5,10-13,15-16,24H,6-9H2,1-3H3,(H,27,28)/t10-,11-,12-,13+,15-,16-/m1/s1. The van der Waals surface area contributed by atoms with Crippen molar-refractivity contribution in [2.24, 2.45) is 11.8 Å². The van der Waals surface area contributed by atoms with Gasteiger partial charge in [0.15, 0.2) is 0 Å². The van der Waals surface area contributed by atoms with E-state index in [2.05, 4.69) is 4.90 Å². The molecule has 2 amide bonds. The van der Waals surface area contributed by atoms with Crippen LogP contribution in [0.2, 0.25) is 0 Å². The van der Waals surface area contributed by atoms with E-state index in [0.29, 0.717) is 0 Å². The average Bonchev–Trinajstić information content (AvgIpc) is 3.39. The number of aliphatic hydroxyl groups excluding tert-OH is 1. The summed E-state index contributed by atoms with van der Waals surface area (Å²) in [7, 11) is 2.00. The lowest BCUT2D eigenvalue weighted by Crippen LogP contribution is -2.63. The number of carbonyl (C=O) groups is 3. The predicted octanol–water partition coefficient (Wildman–Crippen LogP) is 0.344. The first-order chi connectivity index (χ1) is 13.7. The number of carbonyl (C=O) groups excluding carboxylic acids is 2. The van der Waals surface area contributed by atoms with Gasteiger partial charge in [0.25, 0.3) is 0 Å². The zero-order valence-corrected chi connectivity index (χ0v) is 17.6. The second-order valence-electron chi connectivity index (χ2n) is 8.44. The first-order valence-corrected chi connectivity index (χ1v) is 10.9. The van der Waals surface area contributed by atoms with Gasteiger partial charge in [-0.3, -0.25) is 14.5 Å². The highest BCUT2D eigenvalue weighted by atomic mass is 32.2. The number of aliphatic hydroxyl groups is 1. The summed E-state index contributed by atoms with van der Waals surface area (Å²) in [6.07, 6.45) is 3.59. The third-order valence-corrected chi connectivity index (χ3v) is 7.88. The highest BCUT2D eigenvalue weighted by molar-refractivity contribution is 8.03. The number of rotatable bonds is 6. The highest BCUT2D eigenvalue weighted by Crippen LogP contribution is 2.52. The molecule has 29 heavy (non-hydrogen) atoms. The van der Waals surface area contributed by atoms with Crippen LogP contribution < -0.4 is 0 Å². The van der Waals surface area contributed by atoms with E-state index in [1.165, 1.54) is 16.7 Å². The Morgan fingerprint density at radius 1 is 1.31 bits per heavy atom. The normalized spacial score (nSPS) is 35.3. The molecule has 2 N–H and O–H groups in total. The Hall–Kier alpha value is -1.84. The van der Waals surface area contributed by atoms with E-state index in [9.17, 15) is 24.6 Å². The fourth-order valence-corrected chi connectivity index (χ4v) is 6.33. The van der Waals surface area contributed by atoms with E-state index in [1.54, 1.807) is 17.9 Å². The maximum Gasteiger partial charge on any atom is 0.353 e. The zero-order chi connectivity index (χ0) is 21.0. The number of amides is 2. The summed E-state index contributed by atoms with van der Waals surface area (Å²) < 4.78 is 0. The van der Waals surface area contributed by atoms with Crippen LogP contribution in [0, 0.1) is 11.8 Å². The van der Waals surface area contributed by atoms with Gasteiger partial charge in [0.05, 0.1) is 18.1 Å². The van der Waals surface area contributed by atoms with Gasteiger partial charge in [-0.05, 0) is 20.4 Å². The molecule has 3 fully saturated rings. The van der Waals surface area contributed by atoms with Crippen molar-refractivity contribution in [3.63, 3.8) is 0 Å². The molecule has 0 radical (unpaired) electrons. The summed E-state index contributed by atoms with van der Waals surface area (Å²) >= 11 is 1.54. The van der Waals surface area contributed by atoms with Crippen LogP contribution in [0.25, 0.3) is 0 Å². The summed E-state index contributed by atoms with van der Waals surface area (Å²) in [5, 5.41) is 19.9. The maximum absolute atomic E-state index is 12.4. The molecule has 4 aliphatic rings. The Morgan fingerprint density at radius 2 is 2.00 bits per heavy atom. The highest BCUT2D eigenvalue weighted by Gasteiger charge is 2.60. The van der Waals surface area contributed by atoms with Crippen LogP contribution in [-0.2, 0) is 14.4 Å². The van der Waals surface area contributed by atoms with Gasteiger partial charge in [0.2, 0.25) is 11.8 Å². The topological polar surface area (TPSA) is 101 Å². The molecular weight excluding hydrogens is 394 g/mol. The lowest BCUT2D eigenvalue weighted by atomic mass is 9.79. The average molecular weight is 422 g/mol. The van der Waals surface area contributed by atoms with Gasteiger partial charge in [0, 0.05) is 47.8 Å². The number of nitrogens with zero attached hydrogens (tertiary/aromatic N) is 3. The summed E-state index contributed by atoms with van der Waals surface area (Å²) in [5.74, 6) is -2.01. The van der Waals surface area contributed by atoms with Crippen LogP contribution in [0.4, 0.5) is 0 Å². The molecule has 0 bridgehead atoms. The Balaban J connectivity index is 1.47. The number of carboxylic acid groups (broad SMARTS) is 1. The van der Waals surface area contributed by atoms with Crippen LogP contribution in [0.3, 0.4) is 0 Å². The fourth-order valence-electron chi connectivity index (χ4n) is 4.72. The van der Waals surface area contributed by atoms with Gasteiger partial charge in [0.1, 0.15) is 5.70 Å². The number of hydrogen-bond acceptors (Lipinski definition) is 6. The molecule has 0 aromatic rings. The van der Waals surface area contributed by atoms with Crippen molar-refractivity contribution in [1.82, 2.24) is 14.7 Å². The smallest absolute Gasteiger partial charge is 0.353 e. The van der Waals surface area contributed by atoms with Crippen molar-refractivity contribution in [3.8, 4) is 0 Å². The van der Waals surface area contributed by atoms with Crippen LogP contribution >= 0.6 is 11.8 Å². The van der Waals surface area contributed by atoms with Gasteiger partial charge in [-0.25, -0.2) is 4.79 Å². The Labute approximate surface area is 174 Å². The molecule has 0 spiro atoms. The number of thioether (sulfide) groups is 1. The van der Waals surface area contributed by atoms with Crippen molar-refractivity contribution in [3.05, 3.63) is 22.8 Å². The van der Waals surface area contributed by atoms with E-state index in [4.69, 9.17) is 0 Å². The quantitative estimate of drug-likeness (QED) is 0.362. The third-order valence-electron chi connectivity index (χ3n) is 6.39. The van der Waals surface area contributed by atoms with Crippen molar-refractivity contribution < 1.29 is 24.6 Å². The molecule has 8 nitrogen and oxygen atoms in total. The SMILES string of the molecule is C[C@@H](O)[C@H]1C(=O)N2C(C(=O)O)=C(S[C@H]3C[C@@H](C=CC(=O)N4CC4)N(C)C3)[C@H](C)[C@H]12. The molecule has 9 heteroatoms. The van der Waals surface area contributed by atoms with Crippen LogP contribution in [0.1, 0.15) is 20.3 Å². The van der Waals surface area contributed by atoms with Crippen LogP contribution in [0.15, 0.2) is 22.8 Å². The minimum absolute atomic E-state index is 0.0434. The molecule has 0 aromatic heterocycles. The van der Waals surface area contributed by atoms with Crippen molar-refractivity contribution in [1.29, 1.82) is 0 Å². The summed E-state index contributed by atoms with van der Waals surface area (Å²) in [4.78, 5) is 42.3. The van der Waals surface area contributed by atoms with E-state index in [0.717, 1.165) is 31.0 Å². The monoisotopic (exact) mass is 421 g/mol. The van der Waals surface area contributed by atoms with Crippen LogP contribution in [-0.4, -0.2) is 92.8 Å². The molecule has 0 saturated carbocycles. The van der Waals surface area contributed by atoms with E-state index < -0.39 is 18.0 Å². The molecule has 0 unspecified atom stereocenters. The molecule has 4 heterocycles. The first kappa shape index (κ1) is 20.4. The maximum atomic E-state index is 12.4. The Bertz CT molecular complexity index is 806. The Kier molecular flexibility index (Phi) is 5.25. The van der Waals surface area contributed by atoms with E-state index in [1.807, 2.05) is 20.0 Å². The first-order valence-electron chi connectivity index (χ1n) is 10.0. The van der Waals surface area contributed by atoms with Crippen LogP contribution in [0.5, 0.6) is 0 Å². The molecule has 0 aromatic carbocycles. The molecule has 158 valence electrons. The lowest BCUT2D eigenvalue weighted by molar-refractivity contribution is -0.163. The second-order valence-corrected chi connectivity index (χ2v) is 9.78. The minimum atomic E-state index is -1.09. The third kappa shape index (κ3) is 3.49. The lowest BCUT2D eigenvalue weighted by Gasteiger charge is -2.46. The Morgan fingerprint density at radius 3 is 2.59 bits per heavy atom. The van der Waals surface area contributed by atoms with E-state index >= 15 is 0 Å². The zero-order valence-electron chi connectivity index (χ0n) is 16.8. The molecule has 0 aliphatic carbocycles. The number of β-lactam (4-membered cyclic amide) rings is 1. The van der Waals surface area contributed by atoms with Gasteiger partial charge in [-0.2, -0.15) is 0 Å². The van der Waals surface area contributed by atoms with Crippen molar-refractivity contribution in [2.45, 2.75) is 43.7 Å². The molecular formula is C20H27N3O5S. The van der Waals surface area contributed by atoms with Crippen molar-refractivity contribution in [2.75, 3.05) is 26.7 Å². The summed E-state index contributed by atoms with van der Waals surface area (Å²) in [5.41, 5.74) is 0.0766. The number of likely N-dealkylation sites (tertiary alicyclic amines) is 1. The number of fused-ring (bicyclic) bond motifs is 1. The molecule has 3 saturated heterocycles. The number of carboxylic acids is 1. The number of likely N-dealkylation sites (N-methyl/N-ethyl adjacent to an activating group) is 1. The second kappa shape index (κ2) is 7.45. The van der Waals surface area contributed by atoms with Gasteiger partial charge in [-0.1, -0.05) is 13.0 Å². The summed E-state index contributed by atoms with van der Waals surface area (Å²) in [6, 6.07) is -0.151. The fraction of sp³-hybridized carbons (Fsp3) is 0.650.